The number of hydrogen-bond acceptors (Lipinski definition) is 4. The summed E-state index contributed by atoms with van der Waals surface area (Å²) in [7, 11) is 1.55. The lowest BCUT2D eigenvalue weighted by atomic mass is 10.2. The van der Waals surface area contributed by atoms with Crippen LogP contribution in [0, 0.1) is 0 Å². The fourth-order valence-electron chi connectivity index (χ4n) is 1.68. The highest BCUT2D eigenvalue weighted by atomic mass is 19.4. The molecule has 0 aliphatic rings. The maximum Gasteiger partial charge on any atom is 0.433 e. The van der Waals surface area contributed by atoms with Gasteiger partial charge in [0.05, 0.1) is 18.5 Å². The van der Waals surface area contributed by atoms with Gasteiger partial charge in [-0.15, -0.1) is 0 Å². The van der Waals surface area contributed by atoms with E-state index in [0.29, 0.717) is 12.4 Å². The Kier molecular flexibility index (Phi) is 4.32. The van der Waals surface area contributed by atoms with Gasteiger partial charge in [-0.2, -0.15) is 13.2 Å². The molecule has 21 heavy (non-hydrogen) atoms. The van der Waals surface area contributed by atoms with Gasteiger partial charge in [0.2, 0.25) is 0 Å². The van der Waals surface area contributed by atoms with E-state index in [2.05, 4.69) is 4.98 Å². The number of ether oxygens (including phenoxy) is 2. The van der Waals surface area contributed by atoms with Crippen molar-refractivity contribution in [1.29, 1.82) is 0 Å². The molecule has 1 aromatic heterocycles. The number of hydrogen-bond donors (Lipinski definition) is 1. The van der Waals surface area contributed by atoms with Crippen molar-refractivity contribution in [2.45, 2.75) is 12.8 Å². The molecule has 1 aromatic carbocycles. The van der Waals surface area contributed by atoms with Crippen LogP contribution in [0.15, 0.2) is 36.5 Å². The zero-order valence-corrected chi connectivity index (χ0v) is 11.1. The molecule has 0 saturated heterocycles. The summed E-state index contributed by atoms with van der Waals surface area (Å²) in [6.45, 7) is 0.372. The van der Waals surface area contributed by atoms with Crippen molar-refractivity contribution in [1.82, 2.24) is 4.98 Å². The van der Waals surface area contributed by atoms with Crippen molar-refractivity contribution in [2.24, 2.45) is 0 Å². The number of nitrogens with two attached hydrogens (primary N) is 1. The molecule has 0 fully saturated rings. The number of nitrogens with zero attached hydrogens (tertiary/aromatic N) is 1. The smallest absolute Gasteiger partial charge is 0.433 e. The van der Waals surface area contributed by atoms with Crippen LogP contribution in [0.5, 0.6) is 11.5 Å². The number of methoxy groups -OCH3 is 1. The topological polar surface area (TPSA) is 57.4 Å². The van der Waals surface area contributed by atoms with E-state index in [1.165, 1.54) is 0 Å². The van der Waals surface area contributed by atoms with E-state index in [0.717, 1.165) is 17.8 Å². The zero-order valence-electron chi connectivity index (χ0n) is 11.1. The third-order valence-corrected chi connectivity index (χ3v) is 2.62. The fraction of sp³-hybridized carbons (Fsp3) is 0.214. The highest BCUT2D eigenvalue weighted by Gasteiger charge is 2.33. The van der Waals surface area contributed by atoms with E-state index in [4.69, 9.17) is 15.2 Å². The van der Waals surface area contributed by atoms with E-state index >= 15 is 0 Å². The van der Waals surface area contributed by atoms with E-state index in [9.17, 15) is 13.2 Å². The van der Waals surface area contributed by atoms with E-state index < -0.39 is 11.9 Å². The summed E-state index contributed by atoms with van der Waals surface area (Å²) >= 11 is 0. The summed E-state index contributed by atoms with van der Waals surface area (Å²) < 4.78 is 48.3. The van der Waals surface area contributed by atoms with E-state index in [-0.39, 0.29) is 11.4 Å². The minimum atomic E-state index is -4.55. The minimum absolute atomic E-state index is 0.0279. The largest absolute Gasteiger partial charge is 0.455 e. The summed E-state index contributed by atoms with van der Waals surface area (Å²) in [6.07, 6.45) is -3.62. The van der Waals surface area contributed by atoms with Crippen LogP contribution in [-0.4, -0.2) is 12.1 Å². The van der Waals surface area contributed by atoms with Gasteiger partial charge in [0.15, 0.2) is 5.75 Å². The molecule has 2 aromatic rings. The Morgan fingerprint density at radius 2 is 2.00 bits per heavy atom. The summed E-state index contributed by atoms with van der Waals surface area (Å²) in [5, 5.41) is 0. The third kappa shape index (κ3) is 3.85. The molecule has 0 atom stereocenters. The van der Waals surface area contributed by atoms with Crippen LogP contribution < -0.4 is 10.5 Å². The first-order valence-electron chi connectivity index (χ1n) is 5.98. The van der Waals surface area contributed by atoms with Gasteiger partial charge in [0.25, 0.3) is 0 Å². The number of nitrogen functional groups attached to an aromatic ring is 1. The van der Waals surface area contributed by atoms with Gasteiger partial charge in [-0.25, -0.2) is 4.98 Å². The first kappa shape index (κ1) is 15.1. The Morgan fingerprint density at radius 3 is 2.67 bits per heavy atom. The summed E-state index contributed by atoms with van der Waals surface area (Å²) in [6, 6.07) is 7.58. The second kappa shape index (κ2) is 6.01. The van der Waals surface area contributed by atoms with Gasteiger partial charge >= 0.3 is 6.18 Å². The van der Waals surface area contributed by atoms with Gasteiger partial charge in [0, 0.05) is 13.2 Å². The molecule has 0 unspecified atom stereocenters. The molecule has 0 radical (unpaired) electrons. The van der Waals surface area contributed by atoms with Crippen molar-refractivity contribution >= 4 is 5.69 Å². The van der Waals surface area contributed by atoms with Gasteiger partial charge in [0.1, 0.15) is 11.4 Å². The van der Waals surface area contributed by atoms with Crippen molar-refractivity contribution < 1.29 is 22.6 Å². The van der Waals surface area contributed by atoms with E-state index in [1.54, 1.807) is 25.3 Å². The molecule has 112 valence electrons. The predicted molar refractivity (Wildman–Crippen MR) is 70.9 cm³/mol. The Morgan fingerprint density at radius 1 is 1.24 bits per heavy atom. The Labute approximate surface area is 119 Å². The number of benzene rings is 1. The number of alkyl halides is 3. The maximum absolute atomic E-state index is 12.6. The molecular formula is C14H13F3N2O2. The molecule has 1 heterocycles. The number of halogens is 3. The highest BCUT2D eigenvalue weighted by molar-refractivity contribution is 5.53. The molecule has 0 aliphatic heterocycles. The zero-order chi connectivity index (χ0) is 15.5. The van der Waals surface area contributed by atoms with Crippen molar-refractivity contribution in [3.05, 3.63) is 47.8 Å². The molecule has 0 aliphatic carbocycles. The molecule has 0 bridgehead atoms. The number of anilines is 1. The summed E-state index contributed by atoms with van der Waals surface area (Å²) in [5.74, 6) is 0.280. The summed E-state index contributed by atoms with van der Waals surface area (Å²) in [4.78, 5) is 3.25. The number of rotatable bonds is 4. The van der Waals surface area contributed by atoms with Crippen LogP contribution in [0.25, 0.3) is 0 Å². The predicted octanol–water partition coefficient (Wildman–Crippen LogP) is 3.62. The Balaban J connectivity index is 2.28. The number of pyridine rings is 1. The Hall–Kier alpha value is -2.28. The Bertz CT molecular complexity index is 630. The van der Waals surface area contributed by atoms with E-state index in [1.807, 2.05) is 6.07 Å². The summed E-state index contributed by atoms with van der Waals surface area (Å²) in [5.41, 5.74) is 5.40. The number of aromatic nitrogens is 1. The van der Waals surface area contributed by atoms with Crippen molar-refractivity contribution in [3.63, 3.8) is 0 Å². The second-order valence-electron chi connectivity index (χ2n) is 4.29. The SMILES string of the molecule is COCc1cccc(Oc2cc(C(F)(F)F)ncc2N)c1. The lowest BCUT2D eigenvalue weighted by molar-refractivity contribution is -0.141. The molecule has 2 N–H and O–H groups in total. The van der Waals surface area contributed by atoms with Crippen LogP contribution in [0.3, 0.4) is 0 Å². The molecule has 4 nitrogen and oxygen atoms in total. The van der Waals surface area contributed by atoms with Crippen LogP contribution in [0.2, 0.25) is 0 Å². The standard InChI is InChI=1S/C14H13F3N2O2/c1-20-8-9-3-2-4-10(5-9)21-12-6-13(14(15,16)17)19-7-11(12)18/h2-7H,8,18H2,1H3. The van der Waals surface area contributed by atoms with Crippen molar-refractivity contribution in [2.75, 3.05) is 12.8 Å². The molecular weight excluding hydrogens is 285 g/mol. The molecule has 7 heteroatoms. The molecule has 0 amide bonds. The lowest BCUT2D eigenvalue weighted by Gasteiger charge is -2.12. The fourth-order valence-corrected chi connectivity index (χ4v) is 1.68. The first-order valence-corrected chi connectivity index (χ1v) is 5.98. The van der Waals surface area contributed by atoms with Gasteiger partial charge in [-0.1, -0.05) is 12.1 Å². The first-order chi connectivity index (χ1) is 9.90. The van der Waals surface area contributed by atoms with Crippen LogP contribution >= 0.6 is 0 Å². The maximum atomic E-state index is 12.6. The molecule has 2 rings (SSSR count). The van der Waals surface area contributed by atoms with Gasteiger partial charge in [-0.05, 0) is 17.7 Å². The van der Waals surface area contributed by atoms with Crippen LogP contribution in [0.1, 0.15) is 11.3 Å². The normalized spacial score (nSPS) is 11.4. The van der Waals surface area contributed by atoms with Gasteiger partial charge in [-0.3, -0.25) is 0 Å². The monoisotopic (exact) mass is 298 g/mol. The second-order valence-corrected chi connectivity index (χ2v) is 4.29. The quantitative estimate of drug-likeness (QED) is 0.936. The average Bonchev–Trinajstić information content (AvgIpc) is 2.41. The van der Waals surface area contributed by atoms with Gasteiger partial charge < -0.3 is 15.2 Å². The lowest BCUT2D eigenvalue weighted by Crippen LogP contribution is -2.08. The average molecular weight is 298 g/mol. The third-order valence-electron chi connectivity index (χ3n) is 2.62. The van der Waals surface area contributed by atoms with Crippen LogP contribution in [0.4, 0.5) is 18.9 Å². The van der Waals surface area contributed by atoms with Crippen molar-refractivity contribution in [3.8, 4) is 11.5 Å². The highest BCUT2D eigenvalue weighted by Crippen LogP contribution is 2.34. The molecule has 0 spiro atoms. The van der Waals surface area contributed by atoms with Crippen LogP contribution in [-0.2, 0) is 17.5 Å². The molecule has 0 saturated carbocycles. The minimum Gasteiger partial charge on any atom is -0.455 e.